The van der Waals surface area contributed by atoms with Crippen LogP contribution in [-0.2, 0) is 6.18 Å². The van der Waals surface area contributed by atoms with Crippen LogP contribution < -0.4 is 4.74 Å². The summed E-state index contributed by atoms with van der Waals surface area (Å²) >= 11 is 12.4. The van der Waals surface area contributed by atoms with E-state index < -0.39 is 23.3 Å². The average Bonchev–Trinajstić information content (AvgIpc) is 3.43. The molecule has 0 fully saturated rings. The molecule has 0 aliphatic carbocycles. The van der Waals surface area contributed by atoms with E-state index in [0.717, 1.165) is 52.3 Å². The summed E-state index contributed by atoms with van der Waals surface area (Å²) < 4.78 is 45.0. The van der Waals surface area contributed by atoms with Gasteiger partial charge in [-0.05, 0) is 71.6 Å². The van der Waals surface area contributed by atoms with Crippen molar-refractivity contribution in [3.63, 3.8) is 0 Å². The minimum atomic E-state index is -4.78. The van der Waals surface area contributed by atoms with Crippen molar-refractivity contribution in [2.75, 3.05) is 0 Å². The molecule has 5 aromatic rings. The number of rotatable bonds is 8. The van der Waals surface area contributed by atoms with E-state index in [9.17, 15) is 23.1 Å². The number of nitrogens with zero attached hydrogens (tertiary/aromatic N) is 1. The van der Waals surface area contributed by atoms with Gasteiger partial charge in [0.05, 0.1) is 21.8 Å². The predicted octanol–water partition coefficient (Wildman–Crippen LogP) is 10.1. The van der Waals surface area contributed by atoms with E-state index in [1.165, 1.54) is 0 Å². The molecule has 1 unspecified atom stereocenters. The molecule has 0 bridgehead atoms. The molecule has 1 heterocycles. The molecule has 2 N–H and O–H groups in total. The number of hydrogen-bond donors (Lipinski definition) is 2. The Morgan fingerprint density at radius 1 is 0.929 bits per heavy atom. The molecule has 0 aliphatic rings. The molecule has 4 aromatic carbocycles. The summed E-state index contributed by atoms with van der Waals surface area (Å²) in [4.78, 5) is 19.4. The molecule has 0 amide bonds. The number of aromatic amines is 1. The van der Waals surface area contributed by atoms with Crippen LogP contribution in [-0.4, -0.2) is 21.0 Å². The summed E-state index contributed by atoms with van der Waals surface area (Å²) in [6.07, 6.45) is -2.13. The van der Waals surface area contributed by atoms with Gasteiger partial charge in [-0.2, -0.15) is 13.2 Å². The number of aromatic nitrogens is 2. The molecule has 10 heteroatoms. The van der Waals surface area contributed by atoms with Crippen molar-refractivity contribution in [2.45, 2.75) is 25.4 Å². The lowest BCUT2D eigenvalue weighted by molar-refractivity contribution is -0.138. The third-order valence-electron chi connectivity index (χ3n) is 6.81. The van der Waals surface area contributed by atoms with Crippen LogP contribution in [0.15, 0.2) is 91.1 Å². The number of ether oxygens (including phenoxy) is 1. The van der Waals surface area contributed by atoms with Crippen LogP contribution in [0.2, 0.25) is 10.0 Å². The second-order valence-corrected chi connectivity index (χ2v) is 10.4. The summed E-state index contributed by atoms with van der Waals surface area (Å²) in [6, 6.07) is 23.0. The summed E-state index contributed by atoms with van der Waals surface area (Å²) in [6.45, 7) is 2.09. The lowest BCUT2D eigenvalue weighted by Gasteiger charge is -2.14. The highest BCUT2D eigenvalue weighted by Gasteiger charge is 2.35. The summed E-state index contributed by atoms with van der Waals surface area (Å²) in [5.41, 5.74) is 2.36. The molecule has 5 rings (SSSR count). The lowest BCUT2D eigenvalue weighted by Crippen LogP contribution is -2.12. The topological polar surface area (TPSA) is 75.2 Å². The van der Waals surface area contributed by atoms with Crippen molar-refractivity contribution in [3.05, 3.63) is 124 Å². The number of nitrogens with one attached hydrogen (secondary N) is 1. The Morgan fingerprint density at radius 2 is 1.57 bits per heavy atom. The highest BCUT2D eigenvalue weighted by Crippen LogP contribution is 2.36. The van der Waals surface area contributed by atoms with Gasteiger partial charge in [-0.1, -0.05) is 66.5 Å². The molecule has 42 heavy (non-hydrogen) atoms. The Hall–Kier alpha value is -4.27. The van der Waals surface area contributed by atoms with E-state index in [1.54, 1.807) is 24.3 Å². The van der Waals surface area contributed by atoms with Crippen LogP contribution >= 0.6 is 23.2 Å². The van der Waals surface area contributed by atoms with Crippen LogP contribution in [0, 0.1) is 0 Å². The number of carboxylic acids is 1. The molecule has 1 aromatic heterocycles. The largest absolute Gasteiger partial charge is 0.478 e. The number of benzene rings is 4. The molecule has 214 valence electrons. The van der Waals surface area contributed by atoms with E-state index in [-0.39, 0.29) is 11.7 Å². The monoisotopic (exact) mass is 610 g/mol. The predicted molar refractivity (Wildman–Crippen MR) is 157 cm³/mol. The van der Waals surface area contributed by atoms with Gasteiger partial charge in [0.1, 0.15) is 17.3 Å². The smallest absolute Gasteiger partial charge is 0.417 e. The van der Waals surface area contributed by atoms with Gasteiger partial charge in [-0.3, -0.25) is 0 Å². The van der Waals surface area contributed by atoms with E-state index >= 15 is 0 Å². The molecule has 0 saturated heterocycles. The Balaban J connectivity index is 1.31. The van der Waals surface area contributed by atoms with E-state index in [0.29, 0.717) is 21.9 Å². The van der Waals surface area contributed by atoms with Crippen LogP contribution in [0.1, 0.15) is 46.6 Å². The Kier molecular flexibility index (Phi) is 8.29. The molecular weight excluding hydrogens is 588 g/mol. The Labute approximate surface area is 249 Å². The van der Waals surface area contributed by atoms with Gasteiger partial charge >= 0.3 is 12.1 Å². The third-order valence-corrected chi connectivity index (χ3v) is 7.35. The van der Waals surface area contributed by atoms with Crippen LogP contribution in [0.3, 0.4) is 0 Å². The van der Waals surface area contributed by atoms with Crippen molar-refractivity contribution in [1.82, 2.24) is 9.97 Å². The number of aromatic carboxylic acids is 1. The summed E-state index contributed by atoms with van der Waals surface area (Å²) in [5.74, 6) is -0.485. The maximum atomic E-state index is 13.1. The van der Waals surface area contributed by atoms with Crippen molar-refractivity contribution in [3.8, 4) is 33.9 Å². The first-order valence-corrected chi connectivity index (χ1v) is 13.6. The number of alkyl halides is 3. The fraction of sp³-hybridized carbons (Fsp3) is 0.125. The maximum Gasteiger partial charge on any atom is 0.417 e. The maximum absolute atomic E-state index is 13.1. The molecule has 1 atom stereocenters. The first kappa shape index (κ1) is 29.2. The number of H-pyrrole nitrogens is 1. The minimum Gasteiger partial charge on any atom is -0.478 e. The lowest BCUT2D eigenvalue weighted by atomic mass is 9.93. The van der Waals surface area contributed by atoms with Gasteiger partial charge in [0, 0.05) is 22.7 Å². The fourth-order valence-electron chi connectivity index (χ4n) is 4.71. The zero-order valence-electron chi connectivity index (χ0n) is 22.0. The number of hydrogen-bond acceptors (Lipinski definition) is 3. The minimum absolute atomic E-state index is 0.0115. The van der Waals surface area contributed by atoms with E-state index in [4.69, 9.17) is 32.9 Å². The molecule has 0 saturated carbocycles. The second kappa shape index (κ2) is 11.9. The van der Waals surface area contributed by atoms with Gasteiger partial charge < -0.3 is 14.8 Å². The first-order chi connectivity index (χ1) is 20.0. The highest BCUT2D eigenvalue weighted by atomic mass is 35.5. The van der Waals surface area contributed by atoms with Crippen molar-refractivity contribution in [1.29, 1.82) is 0 Å². The fourth-order valence-corrected chi connectivity index (χ4v) is 5.21. The first-order valence-electron chi connectivity index (χ1n) is 12.9. The zero-order chi connectivity index (χ0) is 30.0. The van der Waals surface area contributed by atoms with E-state index in [2.05, 4.69) is 11.9 Å². The molecule has 0 spiro atoms. The highest BCUT2D eigenvalue weighted by molar-refractivity contribution is 6.36. The molecular formula is C32H23Cl2F3N2O3. The van der Waals surface area contributed by atoms with Crippen molar-refractivity contribution >= 4 is 29.2 Å². The van der Waals surface area contributed by atoms with Gasteiger partial charge in [0.2, 0.25) is 0 Å². The summed E-state index contributed by atoms with van der Waals surface area (Å²) in [7, 11) is 0. The molecule has 0 aliphatic heterocycles. The molecule has 5 nitrogen and oxygen atoms in total. The van der Waals surface area contributed by atoms with E-state index in [1.807, 2.05) is 48.7 Å². The van der Waals surface area contributed by atoms with Gasteiger partial charge in [-0.15, -0.1) is 0 Å². The van der Waals surface area contributed by atoms with Gasteiger partial charge in [0.25, 0.3) is 0 Å². The molecule has 0 radical (unpaired) electrons. The van der Waals surface area contributed by atoms with Crippen LogP contribution in [0.25, 0.3) is 22.4 Å². The number of halogens is 5. The van der Waals surface area contributed by atoms with Crippen LogP contribution in [0.4, 0.5) is 13.2 Å². The zero-order valence-corrected chi connectivity index (χ0v) is 23.6. The SMILES string of the molecule is CCC(c1ccc(-c2ccc(Oc3ccc(C(F)(F)F)c(C(=O)O)c3)cc2)cc1)c1nc(-c2ccc(Cl)cc2Cl)c[nH]1. The number of carbonyl (C=O) groups is 1. The quantitative estimate of drug-likeness (QED) is 0.183. The Morgan fingerprint density at radius 3 is 2.17 bits per heavy atom. The van der Waals surface area contributed by atoms with Crippen LogP contribution in [0.5, 0.6) is 11.5 Å². The van der Waals surface area contributed by atoms with Gasteiger partial charge in [-0.25, -0.2) is 9.78 Å². The average molecular weight is 611 g/mol. The third kappa shape index (κ3) is 6.30. The van der Waals surface area contributed by atoms with Crippen molar-refractivity contribution in [2.24, 2.45) is 0 Å². The standard InChI is InChI=1S/C32H23Cl2F3N2O3/c1-2-24(30-38-17-29(39-30)25-13-9-21(33)15-28(25)34)20-5-3-18(4-6-20)19-7-10-22(11-8-19)42-23-12-14-27(32(35,36)37)26(16-23)31(40)41/h3-17,24H,2H2,1H3,(H,38,39)(H,40,41). The normalized spacial score (nSPS) is 12.2. The second-order valence-electron chi connectivity index (χ2n) is 9.51. The number of imidazole rings is 1. The van der Waals surface area contributed by atoms with Gasteiger partial charge in [0.15, 0.2) is 0 Å². The number of carboxylic acid groups (broad SMARTS) is 1. The van der Waals surface area contributed by atoms with Crippen molar-refractivity contribution < 1.29 is 27.8 Å². The summed E-state index contributed by atoms with van der Waals surface area (Å²) in [5, 5.41) is 10.3. The Bertz CT molecular complexity index is 1730.